The van der Waals surface area contributed by atoms with Crippen LogP contribution in [0.25, 0.3) is 0 Å². The maximum absolute atomic E-state index is 5.82. The molecule has 0 rings (SSSR count). The molecule has 0 aliphatic rings. The molecule has 1 unspecified atom stereocenters. The second-order valence-electron chi connectivity index (χ2n) is 3.47. The van der Waals surface area contributed by atoms with Gasteiger partial charge in [-0.1, -0.05) is 27.7 Å². The van der Waals surface area contributed by atoms with Gasteiger partial charge in [-0.3, -0.25) is 10.2 Å². The molecule has 0 aliphatic heterocycles. The SMILES string of the molecule is CCNCC(NCC)(O[SiH3])N(CC)CC. The van der Waals surface area contributed by atoms with Gasteiger partial charge in [0.15, 0.2) is 5.85 Å². The van der Waals surface area contributed by atoms with Crippen LogP contribution in [-0.2, 0) is 4.43 Å². The summed E-state index contributed by atoms with van der Waals surface area (Å²) in [5.74, 6) is -0.305. The first-order valence-electron chi connectivity index (χ1n) is 5.96. The Morgan fingerprint density at radius 2 is 1.73 bits per heavy atom. The molecule has 0 spiro atoms. The molecule has 92 valence electrons. The minimum absolute atomic E-state index is 0.305. The molecule has 0 aromatic carbocycles. The zero-order chi connectivity index (χ0) is 11.7. The highest BCUT2D eigenvalue weighted by Gasteiger charge is 2.33. The lowest BCUT2D eigenvalue weighted by atomic mass is 10.3. The number of nitrogens with one attached hydrogen (secondary N) is 2. The van der Waals surface area contributed by atoms with Crippen molar-refractivity contribution >= 4 is 10.5 Å². The van der Waals surface area contributed by atoms with Crippen LogP contribution >= 0.6 is 0 Å². The average molecular weight is 233 g/mol. The second kappa shape index (κ2) is 8.24. The van der Waals surface area contributed by atoms with Crippen molar-refractivity contribution in [3.8, 4) is 0 Å². The Labute approximate surface area is 97.3 Å². The Bertz CT molecular complexity index is 156. The van der Waals surface area contributed by atoms with Gasteiger partial charge in [0.2, 0.25) is 0 Å². The summed E-state index contributed by atoms with van der Waals surface area (Å²) in [6.45, 7) is 13.3. The molecule has 1 atom stereocenters. The summed E-state index contributed by atoms with van der Waals surface area (Å²) in [4.78, 5) is 2.33. The van der Waals surface area contributed by atoms with Crippen LogP contribution in [0.2, 0.25) is 0 Å². The van der Waals surface area contributed by atoms with Crippen molar-refractivity contribution in [1.29, 1.82) is 0 Å². The Morgan fingerprint density at radius 1 is 1.13 bits per heavy atom. The minimum atomic E-state index is -0.305. The smallest absolute Gasteiger partial charge is 0.179 e. The van der Waals surface area contributed by atoms with Gasteiger partial charge in [-0.15, -0.1) is 0 Å². The number of nitrogens with zero attached hydrogens (tertiary/aromatic N) is 1. The summed E-state index contributed by atoms with van der Waals surface area (Å²) in [6.07, 6.45) is 0. The lowest BCUT2D eigenvalue weighted by Gasteiger charge is -2.43. The van der Waals surface area contributed by atoms with E-state index in [0.717, 1.165) is 43.2 Å². The maximum atomic E-state index is 5.82. The van der Waals surface area contributed by atoms with Crippen molar-refractivity contribution in [3.63, 3.8) is 0 Å². The summed E-state index contributed by atoms with van der Waals surface area (Å²) in [7, 11) is 0.740. The number of hydrogen-bond donors (Lipinski definition) is 2. The summed E-state index contributed by atoms with van der Waals surface area (Å²) >= 11 is 0. The van der Waals surface area contributed by atoms with Crippen LogP contribution in [0.15, 0.2) is 0 Å². The quantitative estimate of drug-likeness (QED) is 0.416. The summed E-state index contributed by atoms with van der Waals surface area (Å²) in [5.41, 5.74) is 0. The van der Waals surface area contributed by atoms with E-state index < -0.39 is 0 Å². The molecule has 0 aromatic heterocycles. The first-order valence-corrected chi connectivity index (χ1v) is 6.78. The predicted molar refractivity (Wildman–Crippen MR) is 68.9 cm³/mol. The molecule has 0 heterocycles. The van der Waals surface area contributed by atoms with E-state index in [1.165, 1.54) is 0 Å². The maximum Gasteiger partial charge on any atom is 0.179 e. The zero-order valence-corrected chi connectivity index (χ0v) is 12.9. The highest BCUT2D eigenvalue weighted by atomic mass is 28.2. The fourth-order valence-electron chi connectivity index (χ4n) is 1.86. The van der Waals surface area contributed by atoms with Crippen LogP contribution in [0.3, 0.4) is 0 Å². The van der Waals surface area contributed by atoms with E-state index in [-0.39, 0.29) is 5.85 Å². The van der Waals surface area contributed by atoms with Gasteiger partial charge >= 0.3 is 0 Å². The fourth-order valence-corrected chi connectivity index (χ4v) is 2.41. The van der Waals surface area contributed by atoms with Crippen molar-refractivity contribution in [1.82, 2.24) is 15.5 Å². The van der Waals surface area contributed by atoms with E-state index in [9.17, 15) is 0 Å². The number of likely N-dealkylation sites (N-methyl/N-ethyl adjacent to an activating group) is 3. The van der Waals surface area contributed by atoms with Crippen LogP contribution in [0.5, 0.6) is 0 Å². The molecule has 0 amide bonds. The molecule has 15 heavy (non-hydrogen) atoms. The van der Waals surface area contributed by atoms with Gasteiger partial charge in [0.25, 0.3) is 0 Å². The lowest BCUT2D eigenvalue weighted by molar-refractivity contribution is -0.101. The van der Waals surface area contributed by atoms with Crippen molar-refractivity contribution in [2.75, 3.05) is 32.7 Å². The van der Waals surface area contributed by atoms with Crippen LogP contribution in [0.4, 0.5) is 0 Å². The molecule has 5 heteroatoms. The molecule has 0 saturated heterocycles. The van der Waals surface area contributed by atoms with Gasteiger partial charge in [0.05, 0.1) is 6.54 Å². The van der Waals surface area contributed by atoms with Crippen LogP contribution in [-0.4, -0.2) is 54.0 Å². The van der Waals surface area contributed by atoms with E-state index in [1.807, 2.05) is 0 Å². The molecule has 4 nitrogen and oxygen atoms in total. The molecule has 0 saturated carbocycles. The molecular formula is C10H27N3OSi. The standard InChI is InChI=1S/C10H27N3OSi/c1-5-11-9-10(14-15,12-6-2)13(7-3)8-4/h11-12H,5-9H2,1-4,15H3. The van der Waals surface area contributed by atoms with Crippen molar-refractivity contribution in [2.24, 2.45) is 0 Å². The van der Waals surface area contributed by atoms with E-state index in [1.54, 1.807) is 0 Å². The molecule has 0 fully saturated rings. The molecule has 0 radical (unpaired) electrons. The van der Waals surface area contributed by atoms with Gasteiger partial charge in [0.1, 0.15) is 10.5 Å². The van der Waals surface area contributed by atoms with Crippen LogP contribution in [0, 0.1) is 0 Å². The van der Waals surface area contributed by atoms with Gasteiger partial charge in [-0.25, -0.2) is 0 Å². The highest BCUT2D eigenvalue weighted by molar-refractivity contribution is 5.98. The highest BCUT2D eigenvalue weighted by Crippen LogP contribution is 2.11. The first-order chi connectivity index (χ1) is 7.20. The summed E-state index contributed by atoms with van der Waals surface area (Å²) in [6, 6.07) is 0. The predicted octanol–water partition coefficient (Wildman–Crippen LogP) is -0.502. The zero-order valence-electron chi connectivity index (χ0n) is 10.9. The summed E-state index contributed by atoms with van der Waals surface area (Å²) < 4.78 is 5.82. The van der Waals surface area contributed by atoms with E-state index in [0.29, 0.717) is 0 Å². The third kappa shape index (κ3) is 4.20. The Kier molecular flexibility index (Phi) is 8.27. The minimum Gasteiger partial charge on any atom is -0.398 e. The van der Waals surface area contributed by atoms with Crippen LogP contribution in [0.1, 0.15) is 27.7 Å². The van der Waals surface area contributed by atoms with Gasteiger partial charge in [-0.2, -0.15) is 0 Å². The van der Waals surface area contributed by atoms with Gasteiger partial charge in [0, 0.05) is 0 Å². The monoisotopic (exact) mass is 233 g/mol. The number of hydrogen-bond acceptors (Lipinski definition) is 4. The number of rotatable bonds is 9. The lowest BCUT2D eigenvalue weighted by Crippen LogP contribution is -2.65. The fraction of sp³-hybridized carbons (Fsp3) is 1.00. The van der Waals surface area contributed by atoms with Crippen LogP contribution < -0.4 is 10.6 Å². The normalized spacial score (nSPS) is 15.8. The Morgan fingerprint density at radius 3 is 2.07 bits per heavy atom. The summed E-state index contributed by atoms with van der Waals surface area (Å²) in [5, 5.41) is 6.83. The molecule has 2 N–H and O–H groups in total. The van der Waals surface area contributed by atoms with E-state index in [2.05, 4.69) is 43.2 Å². The molecule has 0 aromatic rings. The average Bonchev–Trinajstić information content (AvgIpc) is 2.27. The van der Waals surface area contributed by atoms with Crippen molar-refractivity contribution < 1.29 is 4.43 Å². The molecule has 0 aliphatic carbocycles. The van der Waals surface area contributed by atoms with Crippen molar-refractivity contribution in [3.05, 3.63) is 0 Å². The first kappa shape index (κ1) is 15.1. The van der Waals surface area contributed by atoms with Gasteiger partial charge < -0.3 is 9.74 Å². The second-order valence-corrected chi connectivity index (χ2v) is 3.88. The third-order valence-corrected chi connectivity index (χ3v) is 3.35. The van der Waals surface area contributed by atoms with Gasteiger partial charge in [-0.05, 0) is 26.2 Å². The Hall–Kier alpha value is 0.0569. The largest absolute Gasteiger partial charge is 0.398 e. The topological polar surface area (TPSA) is 36.5 Å². The molecular weight excluding hydrogens is 206 g/mol. The van der Waals surface area contributed by atoms with E-state index in [4.69, 9.17) is 4.43 Å². The molecule has 0 bridgehead atoms. The van der Waals surface area contributed by atoms with E-state index >= 15 is 0 Å². The third-order valence-electron chi connectivity index (χ3n) is 2.68. The van der Waals surface area contributed by atoms with Crippen molar-refractivity contribution in [2.45, 2.75) is 33.5 Å². The Balaban J connectivity index is 4.59.